The fourth-order valence-electron chi connectivity index (χ4n) is 1.11. The summed E-state index contributed by atoms with van der Waals surface area (Å²) in [5.74, 6) is 0. The van der Waals surface area contributed by atoms with Crippen LogP contribution in [0.2, 0.25) is 0 Å². The summed E-state index contributed by atoms with van der Waals surface area (Å²) in [6, 6.07) is 1.84. The van der Waals surface area contributed by atoms with E-state index in [9.17, 15) is 0 Å². The second-order valence-corrected chi connectivity index (χ2v) is 2.60. The predicted molar refractivity (Wildman–Crippen MR) is 42.1 cm³/mol. The van der Waals surface area contributed by atoms with Crippen LogP contribution in [0, 0.1) is 13.1 Å². The summed E-state index contributed by atoms with van der Waals surface area (Å²) in [7, 11) is 1.89. The number of rotatable bonds is 0. The molecule has 3 nitrogen and oxygen atoms in total. The Labute approximate surface area is 64.7 Å². The monoisotopic (exact) mass is 146 g/mol. The van der Waals surface area contributed by atoms with Crippen LogP contribution in [0.15, 0.2) is 12.3 Å². The zero-order valence-corrected chi connectivity index (χ0v) is 6.50. The highest BCUT2D eigenvalue weighted by atomic mass is 15.3. The molecule has 0 saturated heterocycles. The molecule has 2 rings (SSSR count). The lowest BCUT2D eigenvalue weighted by Gasteiger charge is -1.88. The van der Waals surface area contributed by atoms with Crippen molar-refractivity contribution < 1.29 is 0 Å². The van der Waals surface area contributed by atoms with Crippen LogP contribution >= 0.6 is 0 Å². The van der Waals surface area contributed by atoms with E-state index in [0.29, 0.717) is 0 Å². The van der Waals surface area contributed by atoms with Gasteiger partial charge in [-0.3, -0.25) is 4.68 Å². The largest absolute Gasteiger partial charge is 0.273 e. The zero-order valence-electron chi connectivity index (χ0n) is 6.50. The highest BCUT2D eigenvalue weighted by Crippen LogP contribution is 2.11. The van der Waals surface area contributed by atoms with Gasteiger partial charge in [-0.1, -0.05) is 0 Å². The molecular formula is C8H8N3. The molecule has 0 spiro atoms. The highest BCUT2D eigenvalue weighted by Gasteiger charge is 2.00. The van der Waals surface area contributed by atoms with Crippen molar-refractivity contribution in [2.24, 2.45) is 7.05 Å². The lowest BCUT2D eigenvalue weighted by molar-refractivity contribution is 0.778. The third kappa shape index (κ3) is 0.888. The molecule has 2 heterocycles. The first-order valence-corrected chi connectivity index (χ1v) is 3.44. The van der Waals surface area contributed by atoms with Crippen molar-refractivity contribution in [3.8, 4) is 0 Å². The number of fused-ring (bicyclic) bond motifs is 1. The molecule has 0 unspecified atom stereocenters. The summed E-state index contributed by atoms with van der Waals surface area (Å²) in [6.07, 6.45) is 4.70. The molecule has 2 aromatic rings. The Bertz CT molecular complexity index is 389. The molecule has 0 atom stereocenters. The van der Waals surface area contributed by atoms with Gasteiger partial charge in [0.15, 0.2) is 0 Å². The molecule has 3 heteroatoms. The average molecular weight is 146 g/mol. The summed E-state index contributed by atoms with van der Waals surface area (Å²) >= 11 is 0. The van der Waals surface area contributed by atoms with E-state index in [-0.39, 0.29) is 0 Å². The van der Waals surface area contributed by atoms with Gasteiger partial charge < -0.3 is 0 Å². The Morgan fingerprint density at radius 3 is 3.09 bits per heavy atom. The molecule has 0 N–H and O–H groups in total. The quantitative estimate of drug-likeness (QED) is 0.556. The maximum absolute atomic E-state index is 4.25. The number of hydrogen-bond donors (Lipinski definition) is 0. The summed E-state index contributed by atoms with van der Waals surface area (Å²) in [5, 5.41) is 4.25. The molecule has 0 aliphatic heterocycles. The molecule has 0 fully saturated rings. The number of nitrogens with zero attached hydrogens (tertiary/aromatic N) is 3. The van der Waals surface area contributed by atoms with Gasteiger partial charge in [-0.15, -0.1) is 0 Å². The summed E-state index contributed by atoms with van der Waals surface area (Å²) < 4.78 is 1.76. The smallest absolute Gasteiger partial charge is 0.114 e. The molecule has 2 aromatic heterocycles. The standard InChI is InChI=1S/C8H8N3/c1-6-3-4-9-7-5-11(2)10-8(6)7/h3,5H,1-2H3. The molecule has 1 radical (unpaired) electrons. The van der Waals surface area contributed by atoms with Crippen molar-refractivity contribution in [2.75, 3.05) is 0 Å². The number of pyridine rings is 1. The van der Waals surface area contributed by atoms with Crippen LogP contribution in [0.3, 0.4) is 0 Å². The van der Waals surface area contributed by atoms with E-state index in [0.717, 1.165) is 16.6 Å². The molecular weight excluding hydrogens is 138 g/mol. The summed E-state index contributed by atoms with van der Waals surface area (Å²) in [5.41, 5.74) is 2.99. The maximum atomic E-state index is 4.25. The molecule has 0 aliphatic rings. The van der Waals surface area contributed by atoms with Crippen LogP contribution in [0.25, 0.3) is 11.0 Å². The first kappa shape index (κ1) is 6.34. The molecule has 0 aromatic carbocycles. The summed E-state index contributed by atoms with van der Waals surface area (Å²) in [4.78, 5) is 4.05. The Hall–Kier alpha value is -1.38. The number of hydrogen-bond acceptors (Lipinski definition) is 2. The molecule has 0 bridgehead atoms. The van der Waals surface area contributed by atoms with Gasteiger partial charge in [0.1, 0.15) is 11.0 Å². The molecule has 0 amide bonds. The number of aryl methyl sites for hydroxylation is 2. The van der Waals surface area contributed by atoms with E-state index in [1.54, 1.807) is 4.68 Å². The van der Waals surface area contributed by atoms with Crippen molar-refractivity contribution in [3.05, 3.63) is 24.0 Å². The molecule has 11 heavy (non-hydrogen) atoms. The van der Waals surface area contributed by atoms with E-state index in [1.165, 1.54) is 0 Å². The Balaban J connectivity index is 2.90. The predicted octanol–water partition coefficient (Wildman–Crippen LogP) is 1.08. The maximum Gasteiger partial charge on any atom is 0.114 e. The van der Waals surface area contributed by atoms with Crippen LogP contribution in [0.1, 0.15) is 5.56 Å². The van der Waals surface area contributed by atoms with E-state index in [2.05, 4.69) is 16.3 Å². The van der Waals surface area contributed by atoms with Crippen LogP contribution in [-0.2, 0) is 7.05 Å². The van der Waals surface area contributed by atoms with Crippen molar-refractivity contribution in [2.45, 2.75) is 6.92 Å². The zero-order chi connectivity index (χ0) is 7.84. The fourth-order valence-corrected chi connectivity index (χ4v) is 1.11. The first-order valence-electron chi connectivity index (χ1n) is 3.44. The van der Waals surface area contributed by atoms with Crippen molar-refractivity contribution in [1.29, 1.82) is 0 Å². The Morgan fingerprint density at radius 1 is 1.55 bits per heavy atom. The molecule has 0 aliphatic carbocycles. The lowest BCUT2D eigenvalue weighted by Crippen LogP contribution is -1.85. The minimum absolute atomic E-state index is 0.910. The van der Waals surface area contributed by atoms with E-state index < -0.39 is 0 Å². The van der Waals surface area contributed by atoms with Gasteiger partial charge in [-0.2, -0.15) is 5.10 Å². The third-order valence-corrected chi connectivity index (χ3v) is 1.65. The fraction of sp³-hybridized carbons (Fsp3) is 0.250. The van der Waals surface area contributed by atoms with Gasteiger partial charge in [0.25, 0.3) is 0 Å². The SMILES string of the molecule is Cc1c[c]nc2cn(C)nc12. The molecule has 55 valence electrons. The van der Waals surface area contributed by atoms with Gasteiger partial charge in [0.2, 0.25) is 0 Å². The minimum atomic E-state index is 0.910. The topological polar surface area (TPSA) is 30.7 Å². The number of aromatic nitrogens is 3. The van der Waals surface area contributed by atoms with Crippen LogP contribution in [0.4, 0.5) is 0 Å². The van der Waals surface area contributed by atoms with E-state index in [1.807, 2.05) is 26.2 Å². The Kier molecular flexibility index (Phi) is 1.18. The van der Waals surface area contributed by atoms with Gasteiger partial charge >= 0.3 is 0 Å². The van der Waals surface area contributed by atoms with E-state index in [4.69, 9.17) is 0 Å². The van der Waals surface area contributed by atoms with Crippen molar-refractivity contribution in [3.63, 3.8) is 0 Å². The third-order valence-electron chi connectivity index (χ3n) is 1.65. The van der Waals surface area contributed by atoms with Crippen LogP contribution in [0.5, 0.6) is 0 Å². The van der Waals surface area contributed by atoms with Gasteiger partial charge in [-0.25, -0.2) is 4.98 Å². The molecule has 0 saturated carbocycles. The normalized spacial score (nSPS) is 10.7. The van der Waals surface area contributed by atoms with Crippen molar-refractivity contribution in [1.82, 2.24) is 14.8 Å². The second kappa shape index (κ2) is 2.05. The highest BCUT2D eigenvalue weighted by molar-refractivity contribution is 5.76. The van der Waals surface area contributed by atoms with Crippen LogP contribution in [-0.4, -0.2) is 14.8 Å². The first-order chi connectivity index (χ1) is 5.27. The van der Waals surface area contributed by atoms with E-state index >= 15 is 0 Å². The van der Waals surface area contributed by atoms with Crippen molar-refractivity contribution >= 4 is 11.0 Å². The lowest BCUT2D eigenvalue weighted by atomic mass is 10.2. The van der Waals surface area contributed by atoms with Gasteiger partial charge in [-0.05, 0) is 18.6 Å². The van der Waals surface area contributed by atoms with Gasteiger partial charge in [0, 0.05) is 7.05 Å². The summed E-state index contributed by atoms with van der Waals surface area (Å²) in [6.45, 7) is 2.01. The Morgan fingerprint density at radius 2 is 2.36 bits per heavy atom. The second-order valence-electron chi connectivity index (χ2n) is 2.60. The minimum Gasteiger partial charge on any atom is -0.273 e. The van der Waals surface area contributed by atoms with Crippen LogP contribution < -0.4 is 0 Å². The average Bonchev–Trinajstić information content (AvgIpc) is 2.31. The van der Waals surface area contributed by atoms with Gasteiger partial charge in [0.05, 0.1) is 12.4 Å².